The Balaban J connectivity index is 2.37. The van der Waals surface area contributed by atoms with Gasteiger partial charge in [-0.3, -0.25) is 0 Å². The molecule has 2 rings (SSSR count). The molecular weight excluding hydrogens is 308 g/mol. The molecule has 4 nitrogen and oxygen atoms in total. The van der Waals surface area contributed by atoms with Crippen molar-refractivity contribution in [3.63, 3.8) is 0 Å². The van der Waals surface area contributed by atoms with Crippen molar-refractivity contribution in [1.29, 1.82) is 0 Å². The van der Waals surface area contributed by atoms with E-state index in [1.54, 1.807) is 0 Å². The van der Waals surface area contributed by atoms with Gasteiger partial charge in [-0.25, -0.2) is 0 Å². The summed E-state index contributed by atoms with van der Waals surface area (Å²) in [6.07, 6.45) is 2.54. The van der Waals surface area contributed by atoms with E-state index in [0.717, 1.165) is 18.7 Å². The Bertz CT molecular complexity index is 696. The molecule has 0 fully saturated rings. The van der Waals surface area contributed by atoms with Crippen molar-refractivity contribution in [3.05, 3.63) is 42.0 Å². The van der Waals surface area contributed by atoms with Crippen LogP contribution in [0, 0.1) is 5.41 Å². The van der Waals surface area contributed by atoms with Crippen LogP contribution in [0.2, 0.25) is 0 Å². The Labute approximate surface area is 140 Å². The largest absolute Gasteiger partial charge is 0.308 e. The SMILES string of the molecule is CN(C)CCNC1C(=S(=O)=O)CC=C(c2ccccc2)C1(C)C. The summed E-state index contributed by atoms with van der Waals surface area (Å²) in [4.78, 5) is 2.64. The third kappa shape index (κ3) is 4.10. The molecule has 1 N–H and O–H groups in total. The normalized spacial score (nSPS) is 20.5. The zero-order chi connectivity index (χ0) is 17.0. The lowest BCUT2D eigenvalue weighted by atomic mass is 9.69. The lowest BCUT2D eigenvalue weighted by molar-refractivity contribution is 0.348. The van der Waals surface area contributed by atoms with Crippen LogP contribution in [0.25, 0.3) is 5.57 Å². The molecule has 0 amide bonds. The maximum absolute atomic E-state index is 11.7. The Morgan fingerprint density at radius 3 is 2.43 bits per heavy atom. The van der Waals surface area contributed by atoms with E-state index < -0.39 is 10.3 Å². The van der Waals surface area contributed by atoms with E-state index in [1.165, 1.54) is 5.57 Å². The summed E-state index contributed by atoms with van der Waals surface area (Å²) in [5.41, 5.74) is 2.07. The van der Waals surface area contributed by atoms with Gasteiger partial charge in [-0.2, -0.15) is 8.42 Å². The second kappa shape index (κ2) is 7.43. The molecule has 0 aromatic heterocycles. The number of hydrogen-bond acceptors (Lipinski definition) is 4. The van der Waals surface area contributed by atoms with E-state index in [1.807, 2.05) is 32.3 Å². The summed E-state index contributed by atoms with van der Waals surface area (Å²) in [7, 11) is 1.86. The number of nitrogens with one attached hydrogen (secondary N) is 1. The first-order valence-electron chi connectivity index (χ1n) is 7.93. The Kier molecular flexibility index (Phi) is 5.79. The van der Waals surface area contributed by atoms with Gasteiger partial charge in [0.25, 0.3) is 0 Å². The van der Waals surface area contributed by atoms with E-state index in [4.69, 9.17) is 0 Å². The van der Waals surface area contributed by atoms with Crippen LogP contribution in [-0.4, -0.2) is 51.4 Å². The van der Waals surface area contributed by atoms with Crippen LogP contribution >= 0.6 is 0 Å². The molecule has 0 saturated heterocycles. The second-order valence-electron chi connectivity index (χ2n) is 6.80. The zero-order valence-electron chi connectivity index (χ0n) is 14.3. The second-order valence-corrected chi connectivity index (χ2v) is 7.79. The molecule has 1 aromatic carbocycles. The molecule has 1 aliphatic carbocycles. The smallest absolute Gasteiger partial charge is 0.215 e. The van der Waals surface area contributed by atoms with Crippen LogP contribution in [0.1, 0.15) is 25.8 Å². The molecule has 0 aliphatic heterocycles. The van der Waals surface area contributed by atoms with Crippen LogP contribution in [-0.2, 0) is 10.3 Å². The van der Waals surface area contributed by atoms with E-state index in [2.05, 4.69) is 42.3 Å². The maximum Gasteiger partial charge on any atom is 0.215 e. The number of allylic oxidation sites excluding steroid dienone is 1. The number of benzene rings is 1. The maximum atomic E-state index is 11.7. The Hall–Kier alpha value is -1.43. The van der Waals surface area contributed by atoms with Crippen molar-refractivity contribution in [3.8, 4) is 0 Å². The Morgan fingerprint density at radius 1 is 1.22 bits per heavy atom. The monoisotopic (exact) mass is 334 g/mol. The molecule has 0 spiro atoms. The van der Waals surface area contributed by atoms with Crippen molar-refractivity contribution < 1.29 is 8.42 Å². The predicted molar refractivity (Wildman–Crippen MR) is 97.1 cm³/mol. The highest BCUT2D eigenvalue weighted by atomic mass is 32.2. The van der Waals surface area contributed by atoms with Crippen LogP contribution in [0.5, 0.6) is 0 Å². The first kappa shape index (κ1) is 17.9. The first-order valence-corrected chi connectivity index (χ1v) is 9.00. The van der Waals surface area contributed by atoms with Gasteiger partial charge >= 0.3 is 0 Å². The van der Waals surface area contributed by atoms with Crippen molar-refractivity contribution in [2.45, 2.75) is 26.3 Å². The Morgan fingerprint density at radius 2 is 1.87 bits per heavy atom. The summed E-state index contributed by atoms with van der Waals surface area (Å²) in [5.74, 6) is 0. The van der Waals surface area contributed by atoms with Crippen molar-refractivity contribution >= 4 is 20.7 Å². The van der Waals surface area contributed by atoms with Gasteiger partial charge in [0.1, 0.15) is 0 Å². The topological polar surface area (TPSA) is 49.4 Å². The molecule has 0 heterocycles. The quantitative estimate of drug-likeness (QED) is 0.838. The van der Waals surface area contributed by atoms with Crippen LogP contribution < -0.4 is 5.32 Å². The van der Waals surface area contributed by atoms with Crippen molar-refractivity contribution in [1.82, 2.24) is 10.2 Å². The van der Waals surface area contributed by atoms with Crippen molar-refractivity contribution in [2.75, 3.05) is 27.2 Å². The highest BCUT2D eigenvalue weighted by Crippen LogP contribution is 2.41. The standard InChI is InChI=1S/C18H26N2O2S/c1-18(2)15(14-8-6-5-7-9-14)10-11-16(23(21)22)17(18)19-12-13-20(3)4/h5-10,17,19H,11-13H2,1-4H3. The number of nitrogens with zero attached hydrogens (tertiary/aromatic N) is 1. The van der Waals surface area contributed by atoms with Crippen molar-refractivity contribution in [2.24, 2.45) is 5.41 Å². The van der Waals surface area contributed by atoms with Crippen LogP contribution in [0.15, 0.2) is 36.4 Å². The summed E-state index contributed by atoms with van der Waals surface area (Å²) in [6.45, 7) is 5.86. The van der Waals surface area contributed by atoms with Gasteiger partial charge in [0.05, 0.1) is 10.9 Å². The van der Waals surface area contributed by atoms with Gasteiger partial charge in [-0.15, -0.1) is 0 Å². The molecule has 1 atom stereocenters. The lowest BCUT2D eigenvalue weighted by Gasteiger charge is -2.41. The fourth-order valence-corrected chi connectivity index (χ4v) is 4.00. The number of rotatable bonds is 5. The first-order chi connectivity index (χ1) is 10.8. The van der Waals surface area contributed by atoms with E-state index in [9.17, 15) is 8.42 Å². The summed E-state index contributed by atoms with van der Waals surface area (Å²) in [5, 5.41) is 3.46. The van der Waals surface area contributed by atoms with Crippen LogP contribution in [0.4, 0.5) is 0 Å². The number of hydrogen-bond donors (Lipinski definition) is 1. The third-order valence-corrected chi connectivity index (χ3v) is 5.28. The minimum Gasteiger partial charge on any atom is -0.308 e. The number of likely N-dealkylation sites (N-methyl/N-ethyl adjacent to an activating group) is 1. The molecule has 1 aliphatic rings. The molecular formula is C18H26N2O2S. The van der Waals surface area contributed by atoms with Gasteiger partial charge in [-0.1, -0.05) is 50.3 Å². The molecule has 1 unspecified atom stereocenters. The lowest BCUT2D eigenvalue weighted by Crippen LogP contribution is -2.51. The van der Waals surface area contributed by atoms with Gasteiger partial charge in [-0.05, 0) is 25.2 Å². The summed E-state index contributed by atoms with van der Waals surface area (Å²) in [6, 6.07) is 10.0. The van der Waals surface area contributed by atoms with Gasteiger partial charge in [0.2, 0.25) is 10.3 Å². The zero-order valence-corrected chi connectivity index (χ0v) is 15.2. The highest BCUT2D eigenvalue weighted by molar-refractivity contribution is 7.73. The summed E-state index contributed by atoms with van der Waals surface area (Å²) < 4.78 is 23.4. The van der Waals surface area contributed by atoms with Gasteiger partial charge in [0, 0.05) is 24.9 Å². The molecule has 126 valence electrons. The van der Waals surface area contributed by atoms with E-state index in [-0.39, 0.29) is 11.5 Å². The predicted octanol–water partition coefficient (Wildman–Crippen LogP) is 2.07. The molecule has 23 heavy (non-hydrogen) atoms. The molecule has 0 bridgehead atoms. The minimum absolute atomic E-state index is 0.180. The van der Waals surface area contributed by atoms with Gasteiger partial charge in [0.15, 0.2) is 0 Å². The van der Waals surface area contributed by atoms with Crippen LogP contribution in [0.3, 0.4) is 0 Å². The van der Waals surface area contributed by atoms with E-state index >= 15 is 0 Å². The average Bonchev–Trinajstić information content (AvgIpc) is 2.48. The molecule has 1 aromatic rings. The fourth-order valence-electron chi connectivity index (χ4n) is 3.21. The fraction of sp³-hybridized carbons (Fsp3) is 0.500. The molecule has 0 saturated carbocycles. The minimum atomic E-state index is -2.17. The third-order valence-electron chi connectivity index (χ3n) is 4.45. The molecule has 5 heteroatoms. The van der Waals surface area contributed by atoms with Gasteiger partial charge < -0.3 is 10.2 Å². The highest BCUT2D eigenvalue weighted by Gasteiger charge is 2.39. The molecule has 0 radical (unpaired) electrons. The summed E-state index contributed by atoms with van der Waals surface area (Å²) >= 11 is 0. The average molecular weight is 334 g/mol. The van der Waals surface area contributed by atoms with E-state index in [0.29, 0.717) is 11.3 Å².